The molecule has 2 aliphatic heterocycles. The summed E-state index contributed by atoms with van der Waals surface area (Å²) in [5.41, 5.74) is 1.79. The minimum Gasteiger partial charge on any atom is -0.492 e. The minimum absolute atomic E-state index is 0.299. The van der Waals surface area contributed by atoms with E-state index in [1.807, 2.05) is 19.3 Å². The zero-order chi connectivity index (χ0) is 18.4. The first-order valence-corrected chi connectivity index (χ1v) is 9.41. The van der Waals surface area contributed by atoms with Crippen molar-refractivity contribution in [3.8, 4) is 16.9 Å². The second-order valence-corrected chi connectivity index (χ2v) is 7.32. The fourth-order valence-corrected chi connectivity index (χ4v) is 4.03. The quantitative estimate of drug-likeness (QED) is 0.611. The second kappa shape index (κ2) is 6.49. The lowest BCUT2D eigenvalue weighted by atomic mass is 10.1. The average Bonchev–Trinajstić information content (AvgIpc) is 3.31. The highest BCUT2D eigenvalue weighted by molar-refractivity contribution is 5.78. The zero-order valence-corrected chi connectivity index (χ0v) is 15.3. The number of halogens is 1. The Kier molecular flexibility index (Phi) is 3.97. The fraction of sp³-hybridized carbons (Fsp3) is 0.400. The maximum Gasteiger partial charge on any atom is 0.165 e. The molecule has 7 heteroatoms. The first kappa shape index (κ1) is 16.5. The number of benzene rings is 1. The molecule has 0 saturated carbocycles. The Bertz CT molecular complexity index is 988. The summed E-state index contributed by atoms with van der Waals surface area (Å²) in [5, 5.41) is 4.34. The summed E-state index contributed by atoms with van der Waals surface area (Å²) in [6, 6.07) is 7.27. The largest absolute Gasteiger partial charge is 0.492 e. The number of hydrogen-bond acceptors (Lipinski definition) is 5. The van der Waals surface area contributed by atoms with E-state index in [9.17, 15) is 4.39 Å². The molecule has 1 fully saturated rings. The van der Waals surface area contributed by atoms with Crippen molar-refractivity contribution in [1.82, 2.24) is 19.5 Å². The van der Waals surface area contributed by atoms with E-state index < -0.39 is 0 Å². The van der Waals surface area contributed by atoms with Gasteiger partial charge < -0.3 is 9.64 Å². The molecule has 0 spiro atoms. The van der Waals surface area contributed by atoms with Crippen molar-refractivity contribution in [2.75, 3.05) is 38.2 Å². The number of likely N-dealkylation sites (N-methyl/N-ethyl adjacent to an activating group) is 1. The number of anilines is 1. The summed E-state index contributed by atoms with van der Waals surface area (Å²) >= 11 is 0. The van der Waals surface area contributed by atoms with Gasteiger partial charge in [0.1, 0.15) is 24.0 Å². The third-order valence-electron chi connectivity index (χ3n) is 5.64. The highest BCUT2D eigenvalue weighted by Gasteiger charge is 2.26. The number of rotatable bonds is 0. The van der Waals surface area contributed by atoms with Crippen LogP contribution in [0.1, 0.15) is 12.8 Å². The van der Waals surface area contributed by atoms with Gasteiger partial charge in [-0.1, -0.05) is 0 Å². The van der Waals surface area contributed by atoms with Gasteiger partial charge in [-0.3, -0.25) is 4.90 Å². The Labute approximate surface area is 157 Å². The van der Waals surface area contributed by atoms with Gasteiger partial charge in [0.05, 0.1) is 6.20 Å². The van der Waals surface area contributed by atoms with E-state index in [-0.39, 0.29) is 5.82 Å². The molecule has 3 aromatic rings. The lowest BCUT2D eigenvalue weighted by Crippen LogP contribution is -2.39. The summed E-state index contributed by atoms with van der Waals surface area (Å²) in [5.74, 6) is 1.25. The van der Waals surface area contributed by atoms with Crippen LogP contribution in [0.3, 0.4) is 0 Å². The summed E-state index contributed by atoms with van der Waals surface area (Å²) in [6.45, 7) is 3.57. The molecule has 27 heavy (non-hydrogen) atoms. The van der Waals surface area contributed by atoms with Gasteiger partial charge in [0.2, 0.25) is 0 Å². The predicted molar refractivity (Wildman–Crippen MR) is 102 cm³/mol. The molecule has 6 nitrogen and oxygen atoms in total. The first-order valence-electron chi connectivity index (χ1n) is 9.41. The molecule has 2 aromatic heterocycles. The molecule has 4 bridgehead atoms. The van der Waals surface area contributed by atoms with Crippen molar-refractivity contribution in [3.05, 3.63) is 42.5 Å². The Morgan fingerprint density at radius 2 is 2.07 bits per heavy atom. The molecule has 140 valence electrons. The normalized spacial score (nSPS) is 20.5. The molecule has 0 aliphatic carbocycles. The molecule has 5 rings (SSSR count). The van der Waals surface area contributed by atoms with Crippen LogP contribution in [0, 0.1) is 5.82 Å². The highest BCUT2D eigenvalue weighted by Crippen LogP contribution is 2.31. The Morgan fingerprint density at radius 1 is 1.15 bits per heavy atom. The number of ether oxygens (including phenoxy) is 1. The van der Waals surface area contributed by atoms with Gasteiger partial charge in [-0.25, -0.2) is 13.9 Å². The van der Waals surface area contributed by atoms with Crippen LogP contribution in [0.2, 0.25) is 0 Å². The highest BCUT2D eigenvalue weighted by atomic mass is 19.1. The summed E-state index contributed by atoms with van der Waals surface area (Å²) in [7, 11) is 2.05. The molecule has 1 aromatic carbocycles. The van der Waals surface area contributed by atoms with E-state index in [1.54, 1.807) is 22.8 Å². The third-order valence-corrected chi connectivity index (χ3v) is 5.64. The van der Waals surface area contributed by atoms with Crippen LogP contribution in [0.4, 0.5) is 10.2 Å². The van der Waals surface area contributed by atoms with Crippen molar-refractivity contribution in [1.29, 1.82) is 0 Å². The van der Waals surface area contributed by atoms with Gasteiger partial charge >= 0.3 is 0 Å². The van der Waals surface area contributed by atoms with Crippen LogP contribution in [0.25, 0.3) is 16.8 Å². The van der Waals surface area contributed by atoms with Crippen molar-refractivity contribution in [2.24, 2.45) is 0 Å². The van der Waals surface area contributed by atoms with Crippen LogP contribution in [-0.4, -0.2) is 58.8 Å². The van der Waals surface area contributed by atoms with E-state index in [0.717, 1.165) is 31.9 Å². The molecule has 1 saturated heterocycles. The van der Waals surface area contributed by atoms with E-state index in [2.05, 4.69) is 14.9 Å². The van der Waals surface area contributed by atoms with Gasteiger partial charge in [-0.2, -0.15) is 5.10 Å². The Morgan fingerprint density at radius 3 is 3.00 bits per heavy atom. The third kappa shape index (κ3) is 2.92. The smallest absolute Gasteiger partial charge is 0.165 e. The Balaban J connectivity index is 1.64. The summed E-state index contributed by atoms with van der Waals surface area (Å²) < 4.78 is 22.3. The van der Waals surface area contributed by atoms with Crippen LogP contribution in [0.5, 0.6) is 5.75 Å². The number of nitrogens with zero attached hydrogens (tertiary/aromatic N) is 5. The topological polar surface area (TPSA) is 45.9 Å². The number of hydrogen-bond donors (Lipinski definition) is 0. The van der Waals surface area contributed by atoms with Crippen LogP contribution >= 0.6 is 0 Å². The maximum atomic E-state index is 14.6. The van der Waals surface area contributed by atoms with Gasteiger partial charge in [-0.05, 0) is 43.7 Å². The standard InChI is InChI=1S/C20H22FN5O/c1-24-9-10-25-7-2-3-14(25)13-27-15-4-5-18(21)16(11-15)17-12-22-26-8-6-19(24)23-20(17)26/h4-6,8,11-12,14H,2-3,7,9-10,13H2,1H3/t14-/m0/s1. The van der Waals surface area contributed by atoms with Crippen LogP contribution in [0.15, 0.2) is 36.7 Å². The molecule has 4 heterocycles. The van der Waals surface area contributed by atoms with Gasteiger partial charge in [0, 0.05) is 43.5 Å². The molecular formula is C20H22FN5O. The van der Waals surface area contributed by atoms with E-state index >= 15 is 0 Å². The number of aromatic nitrogens is 3. The first-order chi connectivity index (χ1) is 13.2. The van der Waals surface area contributed by atoms with Crippen LogP contribution < -0.4 is 9.64 Å². The SMILES string of the molecule is CN1CCN2CCC[C@H]2COc2ccc(F)c(c2)-c2cnn3ccc1nc23. The molecule has 0 unspecified atom stereocenters. The van der Waals surface area contributed by atoms with Crippen molar-refractivity contribution >= 4 is 11.5 Å². The van der Waals surface area contributed by atoms with Gasteiger partial charge in [0.25, 0.3) is 0 Å². The molecule has 0 radical (unpaired) electrons. The molecule has 1 atom stereocenters. The fourth-order valence-electron chi connectivity index (χ4n) is 4.03. The van der Waals surface area contributed by atoms with Gasteiger partial charge in [0.15, 0.2) is 5.65 Å². The lowest BCUT2D eigenvalue weighted by molar-refractivity contribution is 0.175. The maximum absolute atomic E-state index is 14.6. The van der Waals surface area contributed by atoms with E-state index in [1.165, 1.54) is 12.5 Å². The van der Waals surface area contributed by atoms with Gasteiger partial charge in [-0.15, -0.1) is 0 Å². The summed E-state index contributed by atoms with van der Waals surface area (Å²) in [6.07, 6.45) is 5.86. The zero-order valence-electron chi connectivity index (χ0n) is 15.3. The lowest BCUT2D eigenvalue weighted by Gasteiger charge is -2.27. The number of fused-ring (bicyclic) bond motifs is 5. The van der Waals surface area contributed by atoms with Crippen molar-refractivity contribution in [2.45, 2.75) is 18.9 Å². The van der Waals surface area contributed by atoms with E-state index in [0.29, 0.717) is 35.2 Å². The molecular weight excluding hydrogens is 345 g/mol. The Hall–Kier alpha value is -2.67. The second-order valence-electron chi connectivity index (χ2n) is 7.32. The minimum atomic E-state index is -0.299. The molecule has 0 amide bonds. The van der Waals surface area contributed by atoms with Crippen molar-refractivity contribution < 1.29 is 9.13 Å². The summed E-state index contributed by atoms with van der Waals surface area (Å²) in [4.78, 5) is 9.39. The predicted octanol–water partition coefficient (Wildman–Crippen LogP) is 2.83. The van der Waals surface area contributed by atoms with Crippen molar-refractivity contribution in [3.63, 3.8) is 0 Å². The molecule has 0 N–H and O–H groups in total. The van der Waals surface area contributed by atoms with Crippen LogP contribution in [-0.2, 0) is 0 Å². The monoisotopic (exact) mass is 367 g/mol. The van der Waals surface area contributed by atoms with E-state index in [4.69, 9.17) is 9.72 Å². The average molecular weight is 367 g/mol. The molecule has 2 aliphatic rings.